The van der Waals surface area contributed by atoms with Gasteiger partial charge in [-0.15, -0.1) is 0 Å². The van der Waals surface area contributed by atoms with Crippen molar-refractivity contribution in [2.45, 2.75) is 13.8 Å². The minimum Gasteiger partial charge on any atom is -0.457 e. The first-order valence-electron chi connectivity index (χ1n) is 15.3. The zero-order chi connectivity index (χ0) is 31.9. The maximum absolute atomic E-state index is 14.2. The van der Waals surface area contributed by atoms with Crippen LogP contribution in [0.3, 0.4) is 0 Å². The van der Waals surface area contributed by atoms with E-state index in [1.54, 1.807) is 0 Å². The third kappa shape index (κ3) is 5.38. The predicted octanol–water partition coefficient (Wildman–Crippen LogP) is 10.4. The Morgan fingerprint density at radius 3 is 2.17 bits per heavy atom. The fourth-order valence-electron chi connectivity index (χ4n) is 6.26. The molecule has 3 heterocycles. The number of ether oxygens (including phenoxy) is 2. The van der Waals surface area contributed by atoms with E-state index in [2.05, 4.69) is 42.1 Å². The monoisotopic (exact) mass is 616 g/mol. The van der Waals surface area contributed by atoms with E-state index in [1.807, 2.05) is 113 Å². The van der Waals surface area contributed by atoms with Gasteiger partial charge < -0.3 is 9.47 Å². The first-order valence-corrected chi connectivity index (χ1v) is 15.3. The Labute approximate surface area is 270 Å². The Morgan fingerprint density at radius 1 is 0.617 bits per heavy atom. The second-order valence-electron chi connectivity index (χ2n) is 11.5. The first kappa shape index (κ1) is 28.3. The number of pyridine rings is 1. The number of nitrogens with zero attached hydrogens (tertiary/aromatic N) is 4. The predicted molar refractivity (Wildman–Crippen MR) is 184 cm³/mol. The molecule has 0 spiro atoms. The van der Waals surface area contributed by atoms with Crippen LogP contribution in [-0.4, -0.2) is 19.3 Å². The van der Waals surface area contributed by atoms with E-state index in [4.69, 9.17) is 9.47 Å². The van der Waals surface area contributed by atoms with Crippen molar-refractivity contribution in [3.05, 3.63) is 157 Å². The SMILES string of the molecule is Cc1cc(Oc2ccccc2)cc(C)c1-c1cnn(-c2cccc(Oc3ccc4c5ccccc5n(-c5cc(F)ccn5)c4c3)c2)c1. The molecular formula is C40H29FN4O2. The van der Waals surface area contributed by atoms with Crippen LogP contribution in [-0.2, 0) is 0 Å². The van der Waals surface area contributed by atoms with Crippen LogP contribution < -0.4 is 9.47 Å². The first-order chi connectivity index (χ1) is 23.0. The summed E-state index contributed by atoms with van der Waals surface area (Å²) in [5.74, 6) is 3.10. The standard InChI is InChI=1S/C40H29FN4O2/c1-26-19-34(46-31-10-4-3-5-11-31)20-27(2)40(26)28-24-43-44(25-28)30-9-8-12-32(22-30)47-33-15-16-36-35-13-6-7-14-37(35)45(38(36)23-33)39-21-29(41)17-18-42-39/h3-25H,1-2H3. The number of hydrogen-bond acceptors (Lipinski definition) is 4. The van der Waals surface area contributed by atoms with Gasteiger partial charge in [0.15, 0.2) is 0 Å². The average Bonchev–Trinajstić information content (AvgIpc) is 3.68. The lowest BCUT2D eigenvalue weighted by molar-refractivity contribution is 0.482. The van der Waals surface area contributed by atoms with Crippen molar-refractivity contribution in [1.29, 1.82) is 0 Å². The number of halogens is 1. The van der Waals surface area contributed by atoms with Crippen LogP contribution in [0.4, 0.5) is 4.39 Å². The molecule has 7 heteroatoms. The van der Waals surface area contributed by atoms with Gasteiger partial charge in [-0.05, 0) is 91.2 Å². The number of rotatable bonds is 7. The highest BCUT2D eigenvalue weighted by Gasteiger charge is 2.16. The molecule has 0 unspecified atom stereocenters. The van der Waals surface area contributed by atoms with Crippen molar-refractivity contribution in [2.24, 2.45) is 0 Å². The van der Waals surface area contributed by atoms with Gasteiger partial charge in [-0.25, -0.2) is 14.1 Å². The van der Waals surface area contributed by atoms with Crippen molar-refractivity contribution < 1.29 is 13.9 Å². The number of para-hydroxylation sites is 2. The number of aryl methyl sites for hydroxylation is 2. The summed E-state index contributed by atoms with van der Waals surface area (Å²) in [5.41, 5.74) is 7.04. The minimum absolute atomic E-state index is 0.341. The zero-order valence-electron chi connectivity index (χ0n) is 25.8. The summed E-state index contributed by atoms with van der Waals surface area (Å²) in [5, 5.41) is 6.78. The van der Waals surface area contributed by atoms with E-state index >= 15 is 0 Å². The molecule has 0 aliphatic heterocycles. The Kier molecular flexibility index (Phi) is 6.99. The summed E-state index contributed by atoms with van der Waals surface area (Å²) in [7, 11) is 0. The van der Waals surface area contributed by atoms with Crippen LogP contribution in [0.15, 0.2) is 140 Å². The molecule has 5 aromatic carbocycles. The molecule has 0 atom stereocenters. The Bertz CT molecular complexity index is 2390. The van der Waals surface area contributed by atoms with E-state index in [0.29, 0.717) is 17.3 Å². The molecule has 6 nitrogen and oxygen atoms in total. The quantitative estimate of drug-likeness (QED) is 0.179. The van der Waals surface area contributed by atoms with Crippen LogP contribution >= 0.6 is 0 Å². The average molecular weight is 617 g/mol. The molecule has 0 aliphatic rings. The van der Waals surface area contributed by atoms with E-state index < -0.39 is 0 Å². The van der Waals surface area contributed by atoms with Crippen molar-refractivity contribution in [2.75, 3.05) is 0 Å². The maximum atomic E-state index is 14.2. The van der Waals surface area contributed by atoms with Gasteiger partial charge in [-0.1, -0.05) is 42.5 Å². The molecule has 0 aliphatic carbocycles. The third-order valence-electron chi connectivity index (χ3n) is 8.26. The molecule has 3 aromatic heterocycles. The third-order valence-corrected chi connectivity index (χ3v) is 8.26. The number of benzene rings is 5. The molecule has 0 N–H and O–H groups in total. The highest BCUT2D eigenvalue weighted by Crippen LogP contribution is 2.36. The van der Waals surface area contributed by atoms with Gasteiger partial charge in [0.05, 0.1) is 22.9 Å². The topological polar surface area (TPSA) is 54.1 Å². The summed E-state index contributed by atoms with van der Waals surface area (Å²) >= 11 is 0. The highest BCUT2D eigenvalue weighted by molar-refractivity contribution is 6.09. The van der Waals surface area contributed by atoms with Gasteiger partial charge in [0.2, 0.25) is 0 Å². The molecule has 8 rings (SSSR count). The van der Waals surface area contributed by atoms with Gasteiger partial charge >= 0.3 is 0 Å². The molecule has 0 bridgehead atoms. The van der Waals surface area contributed by atoms with Gasteiger partial charge in [0.1, 0.15) is 34.6 Å². The van der Waals surface area contributed by atoms with Crippen LogP contribution in [0.25, 0.3) is 44.4 Å². The Hall–Kier alpha value is -6.21. The largest absolute Gasteiger partial charge is 0.457 e. The van der Waals surface area contributed by atoms with Crippen LogP contribution in [0.1, 0.15) is 11.1 Å². The number of hydrogen-bond donors (Lipinski definition) is 0. The highest BCUT2D eigenvalue weighted by atomic mass is 19.1. The normalized spacial score (nSPS) is 11.3. The van der Waals surface area contributed by atoms with Gasteiger partial charge in [0.25, 0.3) is 0 Å². The summed E-state index contributed by atoms with van der Waals surface area (Å²) in [6, 6.07) is 38.5. The summed E-state index contributed by atoms with van der Waals surface area (Å²) < 4.78 is 30.5. The molecule has 47 heavy (non-hydrogen) atoms. The summed E-state index contributed by atoms with van der Waals surface area (Å²) in [6.07, 6.45) is 5.40. The van der Waals surface area contributed by atoms with Gasteiger partial charge in [-0.2, -0.15) is 5.10 Å². The zero-order valence-corrected chi connectivity index (χ0v) is 25.8. The second kappa shape index (κ2) is 11.6. The lowest BCUT2D eigenvalue weighted by atomic mass is 9.98. The van der Waals surface area contributed by atoms with Crippen molar-refractivity contribution in [3.63, 3.8) is 0 Å². The maximum Gasteiger partial charge on any atom is 0.140 e. The van der Waals surface area contributed by atoms with Crippen LogP contribution in [0, 0.1) is 19.7 Å². The summed E-state index contributed by atoms with van der Waals surface area (Å²) in [4.78, 5) is 4.46. The molecule has 0 radical (unpaired) electrons. The lowest BCUT2D eigenvalue weighted by Gasteiger charge is -2.12. The van der Waals surface area contributed by atoms with Gasteiger partial charge in [-0.3, -0.25) is 4.57 Å². The van der Waals surface area contributed by atoms with E-state index in [9.17, 15) is 4.39 Å². The van der Waals surface area contributed by atoms with Crippen LogP contribution in [0.5, 0.6) is 23.0 Å². The van der Waals surface area contributed by atoms with Crippen molar-refractivity contribution >= 4 is 21.8 Å². The molecule has 0 saturated heterocycles. The van der Waals surface area contributed by atoms with E-state index in [1.165, 1.54) is 18.3 Å². The fourth-order valence-corrected chi connectivity index (χ4v) is 6.26. The van der Waals surface area contributed by atoms with Crippen LogP contribution in [0.2, 0.25) is 0 Å². The molecule has 228 valence electrons. The smallest absolute Gasteiger partial charge is 0.140 e. The lowest BCUT2D eigenvalue weighted by Crippen LogP contribution is -1.98. The molecular weight excluding hydrogens is 587 g/mol. The van der Waals surface area contributed by atoms with E-state index in [-0.39, 0.29) is 5.82 Å². The van der Waals surface area contributed by atoms with Crippen molar-refractivity contribution in [3.8, 4) is 45.6 Å². The molecule has 0 saturated carbocycles. The van der Waals surface area contributed by atoms with E-state index in [0.717, 1.165) is 61.2 Å². The molecule has 8 aromatic rings. The fraction of sp³-hybridized carbons (Fsp3) is 0.0500. The Morgan fingerprint density at radius 2 is 1.34 bits per heavy atom. The second-order valence-corrected chi connectivity index (χ2v) is 11.5. The summed E-state index contributed by atoms with van der Waals surface area (Å²) in [6.45, 7) is 4.18. The molecule has 0 fully saturated rings. The minimum atomic E-state index is -0.341. The molecule has 0 amide bonds. The number of fused-ring (bicyclic) bond motifs is 3. The Balaban J connectivity index is 1.09. The van der Waals surface area contributed by atoms with Crippen molar-refractivity contribution in [1.82, 2.24) is 19.3 Å². The van der Waals surface area contributed by atoms with Gasteiger partial charge in [0, 0.05) is 46.9 Å². The number of aromatic nitrogens is 4.